The Morgan fingerprint density at radius 2 is 2.07 bits per heavy atom. The quantitative estimate of drug-likeness (QED) is 0.784. The van der Waals surface area contributed by atoms with Gasteiger partial charge in [-0.15, -0.1) is 0 Å². The number of anilines is 1. The second kappa shape index (κ2) is 4.69. The van der Waals surface area contributed by atoms with Crippen LogP contribution in [0.1, 0.15) is 50.2 Å². The number of fused-ring (bicyclic) bond motifs is 1. The standard InChI is InChI=1S/C14H21N/c1-3-11(4-2)12-7-8-14-13(10-12)6-5-9-15-14/h7-8,10-11,15H,3-6,9H2,1-2H3. The van der Waals surface area contributed by atoms with Gasteiger partial charge >= 0.3 is 0 Å². The third-order valence-electron chi connectivity index (χ3n) is 3.52. The monoisotopic (exact) mass is 203 g/mol. The molecule has 15 heavy (non-hydrogen) atoms. The Balaban J connectivity index is 2.27. The van der Waals surface area contributed by atoms with E-state index < -0.39 is 0 Å². The average molecular weight is 203 g/mol. The number of hydrogen-bond acceptors (Lipinski definition) is 1. The first kappa shape index (κ1) is 10.5. The van der Waals surface area contributed by atoms with Gasteiger partial charge in [0.1, 0.15) is 0 Å². The van der Waals surface area contributed by atoms with E-state index in [0.717, 1.165) is 12.5 Å². The zero-order valence-corrected chi connectivity index (χ0v) is 9.84. The lowest BCUT2D eigenvalue weighted by molar-refractivity contribution is 0.640. The highest BCUT2D eigenvalue weighted by molar-refractivity contribution is 5.54. The Kier molecular flexibility index (Phi) is 3.30. The van der Waals surface area contributed by atoms with Crippen molar-refractivity contribution in [3.8, 4) is 0 Å². The van der Waals surface area contributed by atoms with Crippen molar-refractivity contribution in [1.82, 2.24) is 0 Å². The zero-order chi connectivity index (χ0) is 10.7. The third-order valence-corrected chi connectivity index (χ3v) is 3.52. The van der Waals surface area contributed by atoms with Crippen molar-refractivity contribution in [3.05, 3.63) is 29.3 Å². The Labute approximate surface area is 92.9 Å². The van der Waals surface area contributed by atoms with Gasteiger partial charge in [-0.05, 0) is 48.8 Å². The van der Waals surface area contributed by atoms with Crippen LogP contribution < -0.4 is 5.32 Å². The summed E-state index contributed by atoms with van der Waals surface area (Å²) in [5.41, 5.74) is 4.41. The number of hydrogen-bond donors (Lipinski definition) is 1. The summed E-state index contributed by atoms with van der Waals surface area (Å²) in [7, 11) is 0. The molecule has 0 amide bonds. The molecule has 1 aliphatic heterocycles. The fourth-order valence-electron chi connectivity index (χ4n) is 2.51. The lowest BCUT2D eigenvalue weighted by Gasteiger charge is -2.21. The molecule has 0 bridgehead atoms. The van der Waals surface area contributed by atoms with E-state index in [2.05, 4.69) is 37.4 Å². The minimum atomic E-state index is 0.747. The Hall–Kier alpha value is -0.980. The van der Waals surface area contributed by atoms with Crippen molar-refractivity contribution >= 4 is 5.69 Å². The van der Waals surface area contributed by atoms with Gasteiger partial charge in [0, 0.05) is 12.2 Å². The maximum Gasteiger partial charge on any atom is 0.0372 e. The predicted molar refractivity (Wildman–Crippen MR) is 66.6 cm³/mol. The molecular formula is C14H21N. The largest absolute Gasteiger partial charge is 0.385 e. The highest BCUT2D eigenvalue weighted by Crippen LogP contribution is 2.29. The van der Waals surface area contributed by atoms with Crippen molar-refractivity contribution in [1.29, 1.82) is 0 Å². The number of aryl methyl sites for hydroxylation is 1. The smallest absolute Gasteiger partial charge is 0.0372 e. The summed E-state index contributed by atoms with van der Waals surface area (Å²) in [5, 5.41) is 3.46. The molecule has 82 valence electrons. The van der Waals surface area contributed by atoms with Gasteiger partial charge in [0.2, 0.25) is 0 Å². The predicted octanol–water partition coefficient (Wildman–Crippen LogP) is 3.95. The summed E-state index contributed by atoms with van der Waals surface area (Å²) in [6, 6.07) is 6.98. The minimum absolute atomic E-state index is 0.747. The molecule has 0 radical (unpaired) electrons. The Morgan fingerprint density at radius 1 is 1.27 bits per heavy atom. The van der Waals surface area contributed by atoms with Gasteiger partial charge in [-0.2, -0.15) is 0 Å². The van der Waals surface area contributed by atoms with Crippen LogP contribution in [-0.4, -0.2) is 6.54 Å². The van der Waals surface area contributed by atoms with E-state index in [1.54, 1.807) is 0 Å². The van der Waals surface area contributed by atoms with Gasteiger partial charge in [0.15, 0.2) is 0 Å². The highest BCUT2D eigenvalue weighted by atomic mass is 14.9. The fraction of sp³-hybridized carbons (Fsp3) is 0.571. The minimum Gasteiger partial charge on any atom is -0.385 e. The SMILES string of the molecule is CCC(CC)c1ccc2c(c1)CCCN2. The first-order valence-electron chi connectivity index (χ1n) is 6.21. The highest BCUT2D eigenvalue weighted by Gasteiger charge is 2.12. The molecule has 1 heteroatoms. The summed E-state index contributed by atoms with van der Waals surface area (Å²) >= 11 is 0. The molecule has 2 rings (SSSR count). The molecule has 0 saturated heterocycles. The van der Waals surface area contributed by atoms with E-state index in [4.69, 9.17) is 0 Å². The number of nitrogens with one attached hydrogen (secondary N) is 1. The number of benzene rings is 1. The van der Waals surface area contributed by atoms with Crippen molar-refractivity contribution in [2.75, 3.05) is 11.9 Å². The Bertz CT molecular complexity index is 326. The van der Waals surface area contributed by atoms with Gasteiger partial charge in [-0.1, -0.05) is 26.0 Å². The lowest BCUT2D eigenvalue weighted by atomic mass is 9.90. The molecule has 0 fully saturated rings. The van der Waals surface area contributed by atoms with Crippen molar-refractivity contribution in [3.63, 3.8) is 0 Å². The van der Waals surface area contributed by atoms with Crippen LogP contribution in [-0.2, 0) is 6.42 Å². The zero-order valence-electron chi connectivity index (χ0n) is 9.84. The molecular weight excluding hydrogens is 182 g/mol. The van der Waals surface area contributed by atoms with E-state index >= 15 is 0 Å². The van der Waals surface area contributed by atoms with Crippen molar-refractivity contribution in [2.45, 2.75) is 45.4 Å². The van der Waals surface area contributed by atoms with Crippen LogP contribution in [0.25, 0.3) is 0 Å². The molecule has 1 aromatic rings. The van der Waals surface area contributed by atoms with Gasteiger partial charge in [0.25, 0.3) is 0 Å². The van der Waals surface area contributed by atoms with Crippen LogP contribution in [0.5, 0.6) is 0 Å². The molecule has 1 nitrogen and oxygen atoms in total. The normalized spacial score (nSPS) is 14.9. The Morgan fingerprint density at radius 3 is 2.80 bits per heavy atom. The van der Waals surface area contributed by atoms with Crippen LogP contribution >= 0.6 is 0 Å². The molecule has 0 unspecified atom stereocenters. The molecule has 1 aromatic carbocycles. The average Bonchev–Trinajstić information content (AvgIpc) is 2.30. The summed E-state index contributed by atoms with van der Waals surface area (Å²) in [6.45, 7) is 5.70. The molecule has 1 N–H and O–H groups in total. The molecule has 0 atom stereocenters. The van der Waals surface area contributed by atoms with Crippen LogP contribution in [0.2, 0.25) is 0 Å². The topological polar surface area (TPSA) is 12.0 Å². The first-order chi connectivity index (χ1) is 7.35. The van der Waals surface area contributed by atoms with E-state index in [1.807, 2.05) is 0 Å². The molecule has 0 aromatic heterocycles. The van der Waals surface area contributed by atoms with Crippen LogP contribution in [0.15, 0.2) is 18.2 Å². The van der Waals surface area contributed by atoms with E-state index in [-0.39, 0.29) is 0 Å². The van der Waals surface area contributed by atoms with Crippen LogP contribution in [0, 0.1) is 0 Å². The summed E-state index contributed by atoms with van der Waals surface area (Å²) in [4.78, 5) is 0. The molecule has 1 aliphatic rings. The number of rotatable bonds is 3. The maximum absolute atomic E-state index is 3.46. The van der Waals surface area contributed by atoms with E-state index in [0.29, 0.717) is 0 Å². The summed E-state index contributed by atoms with van der Waals surface area (Å²) in [6.07, 6.45) is 5.03. The molecule has 0 aliphatic carbocycles. The van der Waals surface area contributed by atoms with Gasteiger partial charge in [-0.25, -0.2) is 0 Å². The second-order valence-electron chi connectivity index (χ2n) is 4.46. The van der Waals surface area contributed by atoms with Gasteiger partial charge < -0.3 is 5.32 Å². The molecule has 1 heterocycles. The van der Waals surface area contributed by atoms with Crippen LogP contribution in [0.4, 0.5) is 5.69 Å². The van der Waals surface area contributed by atoms with E-state index in [1.165, 1.54) is 42.5 Å². The summed E-state index contributed by atoms with van der Waals surface area (Å²) in [5.74, 6) is 0.747. The fourth-order valence-corrected chi connectivity index (χ4v) is 2.51. The molecule has 0 saturated carbocycles. The second-order valence-corrected chi connectivity index (χ2v) is 4.46. The van der Waals surface area contributed by atoms with Crippen molar-refractivity contribution < 1.29 is 0 Å². The third kappa shape index (κ3) is 2.17. The lowest BCUT2D eigenvalue weighted by Crippen LogP contribution is -2.12. The maximum atomic E-state index is 3.46. The molecule has 0 spiro atoms. The van der Waals surface area contributed by atoms with Gasteiger partial charge in [0.05, 0.1) is 0 Å². The van der Waals surface area contributed by atoms with E-state index in [9.17, 15) is 0 Å². The van der Waals surface area contributed by atoms with Crippen LogP contribution in [0.3, 0.4) is 0 Å². The summed E-state index contributed by atoms with van der Waals surface area (Å²) < 4.78 is 0. The van der Waals surface area contributed by atoms with Crippen molar-refractivity contribution in [2.24, 2.45) is 0 Å². The van der Waals surface area contributed by atoms with Gasteiger partial charge in [-0.3, -0.25) is 0 Å². The first-order valence-corrected chi connectivity index (χ1v) is 6.21.